The zero-order valence-electron chi connectivity index (χ0n) is 41.1. The van der Waals surface area contributed by atoms with E-state index in [2.05, 4.69) is 62.5 Å². The molecule has 0 saturated heterocycles. The maximum atomic E-state index is 12.8. The van der Waals surface area contributed by atoms with Gasteiger partial charge in [0.2, 0.25) is 0 Å². The third kappa shape index (κ3) is 42.6. The van der Waals surface area contributed by atoms with Crippen LogP contribution in [0.5, 0.6) is 0 Å². The van der Waals surface area contributed by atoms with E-state index >= 15 is 0 Å². The molecule has 0 aliphatic rings. The molecule has 2 atom stereocenters. The maximum Gasteiger partial charge on any atom is 0.362 e. The second-order valence-electron chi connectivity index (χ2n) is 18.4. The molecule has 8 heteroatoms. The molecule has 8 nitrogen and oxygen atoms in total. The van der Waals surface area contributed by atoms with Crippen LogP contribution in [0.3, 0.4) is 0 Å². The van der Waals surface area contributed by atoms with Crippen molar-refractivity contribution in [2.45, 2.75) is 238 Å². The molecular formula is C54H98NO7+. The Morgan fingerprint density at radius 3 is 1.34 bits per heavy atom. The van der Waals surface area contributed by atoms with Crippen LogP contribution in [0.1, 0.15) is 226 Å². The van der Waals surface area contributed by atoms with Crippen LogP contribution in [-0.4, -0.2) is 80.6 Å². The highest BCUT2D eigenvalue weighted by Crippen LogP contribution is 2.16. The Bertz CT molecular complexity index is 1150. The second kappa shape index (κ2) is 44.9. The molecule has 0 rings (SSSR count). The van der Waals surface area contributed by atoms with Gasteiger partial charge < -0.3 is 23.8 Å². The highest BCUT2D eigenvalue weighted by molar-refractivity contribution is 5.72. The number of likely N-dealkylation sites (N-methyl/N-ethyl adjacent to an activating group) is 1. The molecule has 2 unspecified atom stereocenters. The van der Waals surface area contributed by atoms with Crippen molar-refractivity contribution in [2.24, 2.45) is 0 Å². The minimum Gasteiger partial charge on any atom is -0.477 e. The van der Waals surface area contributed by atoms with E-state index in [0.29, 0.717) is 19.3 Å². The van der Waals surface area contributed by atoms with Gasteiger partial charge in [0.05, 0.1) is 34.4 Å². The molecule has 0 bridgehead atoms. The van der Waals surface area contributed by atoms with Crippen molar-refractivity contribution in [3.8, 4) is 0 Å². The molecular weight excluding hydrogens is 775 g/mol. The van der Waals surface area contributed by atoms with E-state index in [1.807, 2.05) is 21.1 Å². The van der Waals surface area contributed by atoms with E-state index in [1.165, 1.54) is 122 Å². The summed E-state index contributed by atoms with van der Waals surface area (Å²) in [6, 6.07) is -0.616. The zero-order valence-corrected chi connectivity index (χ0v) is 41.1. The molecule has 0 aromatic rings. The summed E-state index contributed by atoms with van der Waals surface area (Å²) in [4.78, 5) is 37.2. The van der Waals surface area contributed by atoms with Gasteiger partial charge in [-0.1, -0.05) is 204 Å². The Labute approximate surface area is 382 Å². The van der Waals surface area contributed by atoms with Crippen LogP contribution in [0.15, 0.2) is 48.6 Å². The third-order valence-corrected chi connectivity index (χ3v) is 11.5. The molecule has 0 amide bonds. The van der Waals surface area contributed by atoms with Crippen molar-refractivity contribution >= 4 is 17.9 Å². The van der Waals surface area contributed by atoms with Gasteiger partial charge in [-0.3, -0.25) is 9.59 Å². The summed E-state index contributed by atoms with van der Waals surface area (Å²) in [5, 5.41) is 9.65. The van der Waals surface area contributed by atoms with Gasteiger partial charge in [0.15, 0.2) is 12.1 Å². The summed E-state index contributed by atoms with van der Waals surface area (Å²) in [6.07, 6.45) is 54.4. The number of hydrogen-bond donors (Lipinski definition) is 1. The molecule has 1 N–H and O–H groups in total. The lowest BCUT2D eigenvalue weighted by atomic mass is 10.0. The average Bonchev–Trinajstić information content (AvgIpc) is 3.23. The summed E-state index contributed by atoms with van der Waals surface area (Å²) in [5.41, 5.74) is 0. The van der Waals surface area contributed by atoms with Gasteiger partial charge in [-0.25, -0.2) is 4.79 Å². The van der Waals surface area contributed by atoms with Gasteiger partial charge in [-0.05, 0) is 51.4 Å². The smallest absolute Gasteiger partial charge is 0.362 e. The number of allylic oxidation sites excluding steroid dienone is 8. The normalized spacial score (nSPS) is 13.2. The topological polar surface area (TPSA) is 99.1 Å². The minimum absolute atomic E-state index is 0.0549. The lowest BCUT2D eigenvalue weighted by molar-refractivity contribution is -0.887. The predicted octanol–water partition coefficient (Wildman–Crippen LogP) is 14.8. The Hall–Kier alpha value is -2.71. The molecule has 0 aromatic heterocycles. The van der Waals surface area contributed by atoms with Crippen LogP contribution in [0.25, 0.3) is 0 Å². The molecule has 360 valence electrons. The Morgan fingerprint density at radius 1 is 0.500 bits per heavy atom. The molecule has 0 aliphatic heterocycles. The summed E-state index contributed by atoms with van der Waals surface area (Å²) in [6.45, 7) is 4.64. The Kier molecular flexibility index (Phi) is 42.9. The third-order valence-electron chi connectivity index (χ3n) is 11.5. The molecule has 0 radical (unpaired) electrons. The van der Waals surface area contributed by atoms with Crippen LogP contribution >= 0.6 is 0 Å². The van der Waals surface area contributed by atoms with Crippen molar-refractivity contribution in [2.75, 3.05) is 41.0 Å². The number of esters is 2. The van der Waals surface area contributed by atoms with E-state index in [1.54, 1.807) is 0 Å². The van der Waals surface area contributed by atoms with Crippen LogP contribution in [-0.2, 0) is 28.6 Å². The molecule has 0 aromatic carbocycles. The zero-order chi connectivity index (χ0) is 45.6. The molecule has 0 saturated carbocycles. The highest BCUT2D eigenvalue weighted by atomic mass is 16.6. The summed E-state index contributed by atoms with van der Waals surface area (Å²) < 4.78 is 17.4. The number of carbonyl (C=O) groups is 3. The average molecular weight is 873 g/mol. The first kappa shape index (κ1) is 59.3. The monoisotopic (exact) mass is 873 g/mol. The number of carboxylic acids is 1. The van der Waals surface area contributed by atoms with Crippen LogP contribution < -0.4 is 0 Å². The first-order valence-corrected chi connectivity index (χ1v) is 25.7. The summed E-state index contributed by atoms with van der Waals surface area (Å²) in [5.74, 6) is -1.47. The number of rotatable bonds is 46. The molecule has 0 fully saturated rings. The van der Waals surface area contributed by atoms with Gasteiger partial charge in [-0.2, -0.15) is 0 Å². The predicted molar refractivity (Wildman–Crippen MR) is 261 cm³/mol. The number of unbranched alkanes of at least 4 members (excludes halogenated alkanes) is 24. The number of hydrogen-bond acceptors (Lipinski definition) is 6. The molecule has 0 heterocycles. The summed E-state index contributed by atoms with van der Waals surface area (Å²) >= 11 is 0. The van der Waals surface area contributed by atoms with Gasteiger partial charge in [0.25, 0.3) is 0 Å². The van der Waals surface area contributed by atoms with Gasteiger partial charge in [0, 0.05) is 19.3 Å². The van der Waals surface area contributed by atoms with Crippen molar-refractivity contribution < 1.29 is 38.2 Å². The Balaban J connectivity index is 4.25. The fourth-order valence-corrected chi connectivity index (χ4v) is 7.55. The Morgan fingerprint density at radius 2 is 0.903 bits per heavy atom. The van der Waals surface area contributed by atoms with Crippen LogP contribution in [0.2, 0.25) is 0 Å². The number of ether oxygens (including phenoxy) is 3. The van der Waals surface area contributed by atoms with Gasteiger partial charge in [0.1, 0.15) is 6.61 Å². The fraction of sp³-hybridized carbons (Fsp3) is 0.796. The fourth-order valence-electron chi connectivity index (χ4n) is 7.55. The van der Waals surface area contributed by atoms with Crippen molar-refractivity contribution in [1.29, 1.82) is 0 Å². The number of quaternary nitrogens is 1. The first-order chi connectivity index (χ1) is 30.1. The molecule has 0 aliphatic carbocycles. The highest BCUT2D eigenvalue weighted by Gasteiger charge is 2.31. The quantitative estimate of drug-likeness (QED) is 0.0281. The van der Waals surface area contributed by atoms with E-state index in [-0.39, 0.29) is 36.2 Å². The van der Waals surface area contributed by atoms with E-state index in [9.17, 15) is 19.5 Å². The standard InChI is InChI=1S/C54H97NO7/c1-6-8-10-12-14-16-18-20-22-24-26-27-29-30-32-34-36-38-40-42-44-52(56)61-49-50(48-60-47-46-51(54(58)59)55(3,4)5)62-53(57)45-43-41-39-37-35-33-31-28-25-23-21-19-17-15-13-11-9-7-2/h8,10,14,16,20,22,26-27,50-51H,6-7,9,11-13,15,17-19,21,23-25,28-49H2,1-5H3/p+1/b10-8+,16-14+,22-20+,27-26+. The number of carbonyl (C=O) groups excluding carboxylic acids is 2. The maximum absolute atomic E-state index is 12.8. The second-order valence-corrected chi connectivity index (χ2v) is 18.4. The number of aliphatic carboxylic acids is 1. The van der Waals surface area contributed by atoms with E-state index < -0.39 is 18.1 Å². The van der Waals surface area contributed by atoms with Crippen molar-refractivity contribution in [3.63, 3.8) is 0 Å². The van der Waals surface area contributed by atoms with E-state index in [0.717, 1.165) is 70.6 Å². The first-order valence-electron chi connectivity index (χ1n) is 25.7. The lowest BCUT2D eigenvalue weighted by Crippen LogP contribution is -2.50. The molecule has 62 heavy (non-hydrogen) atoms. The lowest BCUT2D eigenvalue weighted by Gasteiger charge is -2.31. The minimum atomic E-state index is -0.875. The van der Waals surface area contributed by atoms with Gasteiger partial charge >= 0.3 is 17.9 Å². The van der Waals surface area contributed by atoms with Crippen LogP contribution in [0, 0.1) is 0 Å². The van der Waals surface area contributed by atoms with Gasteiger partial charge in [-0.15, -0.1) is 0 Å². The van der Waals surface area contributed by atoms with E-state index in [4.69, 9.17) is 14.2 Å². The SMILES string of the molecule is CC/C=C/C/C=C/C/C=C/C/C=C/CCCCCCCCCC(=O)OCC(COCCC(C(=O)O)[N+](C)(C)C)OC(=O)CCCCCCCCCCCCCCCCCCCC. The number of carboxylic acid groups (broad SMARTS) is 1. The van der Waals surface area contributed by atoms with Crippen molar-refractivity contribution in [3.05, 3.63) is 48.6 Å². The largest absolute Gasteiger partial charge is 0.477 e. The van der Waals surface area contributed by atoms with Crippen LogP contribution in [0.4, 0.5) is 0 Å². The summed E-state index contributed by atoms with van der Waals surface area (Å²) in [7, 11) is 5.54. The number of nitrogens with zero attached hydrogens (tertiary/aromatic N) is 1. The molecule has 0 spiro atoms. The van der Waals surface area contributed by atoms with Crippen molar-refractivity contribution in [1.82, 2.24) is 0 Å².